The zero-order chi connectivity index (χ0) is 24.7. The van der Waals surface area contributed by atoms with Gasteiger partial charge in [-0.15, -0.1) is 0 Å². The average molecular weight is 463 g/mol. The number of epoxide rings is 1. The lowest BCUT2D eigenvalue weighted by atomic mass is 9.89. The second-order valence-electron chi connectivity index (χ2n) is 8.42. The fourth-order valence-electron chi connectivity index (χ4n) is 3.35. The number of aromatic hydroxyl groups is 1. The molecule has 180 valence electrons. The zero-order valence-corrected chi connectivity index (χ0v) is 18.4. The van der Waals surface area contributed by atoms with Crippen molar-refractivity contribution >= 4 is 29.5 Å². The Hall–Kier alpha value is -3.47. The van der Waals surface area contributed by atoms with E-state index in [9.17, 15) is 29.1 Å². The SMILES string of the molecule is CC(C)C[C@H](NC(=O)C1O[C@H]1C(=O)NCC(=O)O)C(=O)C[C@@H](Cc1ccc(O)cc1)C(N)=O. The summed E-state index contributed by atoms with van der Waals surface area (Å²) in [4.78, 5) is 59.8. The molecule has 1 unspecified atom stereocenters. The molecule has 33 heavy (non-hydrogen) atoms. The summed E-state index contributed by atoms with van der Waals surface area (Å²) >= 11 is 0. The number of carboxylic acids is 1. The number of phenols is 1. The number of aliphatic carboxylic acids is 1. The van der Waals surface area contributed by atoms with E-state index >= 15 is 0 Å². The molecule has 3 amide bonds. The number of primary amides is 1. The second kappa shape index (κ2) is 11.4. The van der Waals surface area contributed by atoms with Gasteiger partial charge in [-0.2, -0.15) is 0 Å². The van der Waals surface area contributed by atoms with E-state index in [4.69, 9.17) is 15.6 Å². The predicted octanol–water partition coefficient (Wildman–Crippen LogP) is -0.505. The number of ketones is 1. The first-order chi connectivity index (χ1) is 15.5. The Morgan fingerprint density at radius 3 is 2.21 bits per heavy atom. The molecule has 1 fully saturated rings. The number of amides is 3. The number of benzene rings is 1. The Balaban J connectivity index is 1.99. The van der Waals surface area contributed by atoms with Crippen LogP contribution in [0.5, 0.6) is 5.75 Å². The van der Waals surface area contributed by atoms with E-state index in [2.05, 4.69) is 10.6 Å². The number of carboxylic acid groups (broad SMARTS) is 1. The van der Waals surface area contributed by atoms with Crippen LogP contribution in [0, 0.1) is 11.8 Å². The highest BCUT2D eigenvalue weighted by Gasteiger charge is 2.51. The van der Waals surface area contributed by atoms with Gasteiger partial charge < -0.3 is 31.3 Å². The average Bonchev–Trinajstić information content (AvgIpc) is 3.53. The molecule has 1 saturated heterocycles. The maximum atomic E-state index is 13.0. The highest BCUT2D eigenvalue weighted by Crippen LogP contribution is 2.24. The van der Waals surface area contributed by atoms with E-state index < -0.39 is 54.4 Å². The van der Waals surface area contributed by atoms with Crippen molar-refractivity contribution in [2.75, 3.05) is 6.54 Å². The summed E-state index contributed by atoms with van der Waals surface area (Å²) in [6, 6.07) is 5.28. The van der Waals surface area contributed by atoms with Gasteiger partial charge in [-0.05, 0) is 36.5 Å². The topological polar surface area (TPSA) is 188 Å². The molecule has 0 aliphatic carbocycles. The molecule has 1 heterocycles. The van der Waals surface area contributed by atoms with E-state index in [1.807, 2.05) is 13.8 Å². The monoisotopic (exact) mass is 463 g/mol. The van der Waals surface area contributed by atoms with Gasteiger partial charge in [0.2, 0.25) is 5.91 Å². The molecule has 0 spiro atoms. The van der Waals surface area contributed by atoms with Crippen molar-refractivity contribution in [3.05, 3.63) is 29.8 Å². The van der Waals surface area contributed by atoms with Gasteiger partial charge in [0.15, 0.2) is 18.0 Å². The smallest absolute Gasteiger partial charge is 0.322 e. The van der Waals surface area contributed by atoms with Crippen molar-refractivity contribution < 1.29 is 38.9 Å². The minimum absolute atomic E-state index is 0.0400. The lowest BCUT2D eigenvalue weighted by molar-refractivity contribution is -0.138. The van der Waals surface area contributed by atoms with Gasteiger partial charge in [0, 0.05) is 12.3 Å². The zero-order valence-electron chi connectivity index (χ0n) is 18.4. The largest absolute Gasteiger partial charge is 0.508 e. The van der Waals surface area contributed by atoms with Crippen LogP contribution in [0.3, 0.4) is 0 Å². The minimum atomic E-state index is -1.23. The standard InChI is InChI=1S/C22H29N3O8/c1-11(2)7-15(25-22(32)19-18(33-19)21(31)24-10-17(28)29)16(27)9-13(20(23)30)8-12-3-5-14(26)6-4-12/h3-6,11,13,15,18-19,26H,7-10H2,1-2H3,(H2,23,30)(H,24,31)(H,25,32)(H,28,29)/t13-,15+,18-,19?/m1/s1. The van der Waals surface area contributed by atoms with Crippen molar-refractivity contribution in [2.45, 2.75) is 51.4 Å². The molecule has 0 bridgehead atoms. The van der Waals surface area contributed by atoms with Crippen LogP contribution in [0.4, 0.5) is 0 Å². The van der Waals surface area contributed by atoms with Crippen LogP contribution >= 0.6 is 0 Å². The molecule has 1 aliphatic rings. The van der Waals surface area contributed by atoms with E-state index in [0.29, 0.717) is 6.42 Å². The quantitative estimate of drug-likeness (QED) is 0.242. The van der Waals surface area contributed by atoms with Gasteiger partial charge in [0.25, 0.3) is 11.8 Å². The Labute approximate surface area is 190 Å². The summed E-state index contributed by atoms with van der Waals surface area (Å²) in [5.41, 5.74) is 6.21. The molecule has 1 aromatic rings. The maximum absolute atomic E-state index is 13.0. The number of hydrogen-bond donors (Lipinski definition) is 5. The first kappa shape index (κ1) is 25.8. The van der Waals surface area contributed by atoms with Gasteiger partial charge in [0.05, 0.1) is 6.04 Å². The number of nitrogens with one attached hydrogen (secondary N) is 2. The lowest BCUT2D eigenvalue weighted by Gasteiger charge is -2.21. The Kier molecular flexibility index (Phi) is 8.92. The molecule has 0 radical (unpaired) electrons. The van der Waals surface area contributed by atoms with E-state index in [1.54, 1.807) is 12.1 Å². The number of rotatable bonds is 13. The third kappa shape index (κ3) is 8.19. The number of Topliss-reactive ketones (excluding diaryl/α,β-unsaturated/α-hetero) is 1. The third-order valence-corrected chi connectivity index (χ3v) is 5.10. The summed E-state index contributed by atoms with van der Waals surface area (Å²) in [7, 11) is 0. The molecule has 1 aliphatic heterocycles. The Morgan fingerprint density at radius 2 is 1.67 bits per heavy atom. The molecule has 11 nitrogen and oxygen atoms in total. The molecule has 6 N–H and O–H groups in total. The van der Waals surface area contributed by atoms with Crippen LogP contribution in [-0.4, -0.2) is 64.5 Å². The lowest BCUT2D eigenvalue weighted by Crippen LogP contribution is -2.46. The fraction of sp³-hybridized carbons (Fsp3) is 0.500. The molecule has 1 aromatic carbocycles. The fourth-order valence-corrected chi connectivity index (χ4v) is 3.35. The first-order valence-corrected chi connectivity index (χ1v) is 10.5. The predicted molar refractivity (Wildman–Crippen MR) is 115 cm³/mol. The number of phenolic OH excluding ortho intramolecular Hbond substituents is 1. The Bertz CT molecular complexity index is 899. The van der Waals surface area contributed by atoms with Crippen LogP contribution < -0.4 is 16.4 Å². The summed E-state index contributed by atoms with van der Waals surface area (Å²) in [6.07, 6.45) is -1.93. The second-order valence-corrected chi connectivity index (χ2v) is 8.42. The van der Waals surface area contributed by atoms with E-state index in [0.717, 1.165) is 5.56 Å². The normalized spacial score (nSPS) is 18.8. The van der Waals surface area contributed by atoms with Gasteiger partial charge >= 0.3 is 5.97 Å². The van der Waals surface area contributed by atoms with Crippen LogP contribution in [0.1, 0.15) is 32.3 Å². The molecule has 4 atom stereocenters. The van der Waals surface area contributed by atoms with E-state index in [1.165, 1.54) is 12.1 Å². The van der Waals surface area contributed by atoms with Gasteiger partial charge in [-0.3, -0.25) is 24.0 Å². The Morgan fingerprint density at radius 1 is 1.06 bits per heavy atom. The summed E-state index contributed by atoms with van der Waals surface area (Å²) in [6.45, 7) is 3.13. The third-order valence-electron chi connectivity index (χ3n) is 5.10. The van der Waals surface area contributed by atoms with Crippen molar-refractivity contribution in [2.24, 2.45) is 17.6 Å². The maximum Gasteiger partial charge on any atom is 0.322 e. The van der Waals surface area contributed by atoms with Gasteiger partial charge in [-0.25, -0.2) is 0 Å². The molecular weight excluding hydrogens is 434 g/mol. The molecule has 11 heteroatoms. The molecule has 0 saturated carbocycles. The van der Waals surface area contributed by atoms with Crippen LogP contribution in [-0.2, 0) is 35.1 Å². The highest BCUT2D eigenvalue weighted by molar-refractivity contribution is 5.98. The highest BCUT2D eigenvalue weighted by atomic mass is 16.6. The molecule has 2 rings (SSSR count). The van der Waals surface area contributed by atoms with Crippen molar-refractivity contribution in [1.29, 1.82) is 0 Å². The minimum Gasteiger partial charge on any atom is -0.508 e. The van der Waals surface area contributed by atoms with Crippen LogP contribution in [0.2, 0.25) is 0 Å². The number of nitrogens with two attached hydrogens (primary N) is 1. The van der Waals surface area contributed by atoms with E-state index in [-0.39, 0.29) is 30.3 Å². The van der Waals surface area contributed by atoms with Crippen LogP contribution in [0.15, 0.2) is 24.3 Å². The number of ether oxygens (including phenoxy) is 1. The van der Waals surface area contributed by atoms with Gasteiger partial charge in [-0.1, -0.05) is 26.0 Å². The summed E-state index contributed by atoms with van der Waals surface area (Å²) in [5, 5.41) is 22.7. The number of carbonyl (C=O) groups excluding carboxylic acids is 4. The van der Waals surface area contributed by atoms with Gasteiger partial charge in [0.1, 0.15) is 12.3 Å². The summed E-state index contributed by atoms with van der Waals surface area (Å²) < 4.78 is 5.04. The number of carbonyl (C=O) groups is 5. The summed E-state index contributed by atoms with van der Waals surface area (Å²) in [5.74, 6) is -4.37. The molecular formula is C22H29N3O8. The van der Waals surface area contributed by atoms with Crippen molar-refractivity contribution in [3.8, 4) is 5.75 Å². The molecule has 0 aromatic heterocycles. The first-order valence-electron chi connectivity index (χ1n) is 10.5. The van der Waals surface area contributed by atoms with Crippen molar-refractivity contribution in [1.82, 2.24) is 10.6 Å². The van der Waals surface area contributed by atoms with Crippen LogP contribution in [0.25, 0.3) is 0 Å². The number of hydrogen-bond acceptors (Lipinski definition) is 7. The van der Waals surface area contributed by atoms with Crippen molar-refractivity contribution in [3.63, 3.8) is 0 Å².